The lowest BCUT2D eigenvalue weighted by Gasteiger charge is -2.11. The number of aldehydes is 1. The summed E-state index contributed by atoms with van der Waals surface area (Å²) in [7, 11) is 0. The molecule has 4 aromatic rings. The fraction of sp³-hybridized carbons (Fsp3) is 0.0500. The van der Waals surface area contributed by atoms with Crippen LogP contribution in [0.15, 0.2) is 41.1 Å². The van der Waals surface area contributed by atoms with E-state index in [4.69, 9.17) is 27.7 Å². The van der Waals surface area contributed by atoms with Crippen LogP contribution in [0, 0.1) is 17.9 Å². The van der Waals surface area contributed by atoms with Gasteiger partial charge in [-0.15, -0.1) is 0 Å². The predicted octanol–water partition coefficient (Wildman–Crippen LogP) is 6.07. The van der Waals surface area contributed by atoms with Crippen molar-refractivity contribution < 1.29 is 26.9 Å². The topological polar surface area (TPSA) is 60.9 Å². The van der Waals surface area contributed by atoms with E-state index in [0.29, 0.717) is 4.68 Å². The summed E-state index contributed by atoms with van der Waals surface area (Å²) in [6.07, 6.45) is -3.85. The molecular weight excluding hydrogens is 461 g/mol. The molecule has 11 heteroatoms. The highest BCUT2D eigenvalue weighted by Crippen LogP contribution is 2.42. The molecule has 2 aromatic heterocycles. The van der Waals surface area contributed by atoms with E-state index in [-0.39, 0.29) is 33.3 Å². The minimum absolute atomic E-state index is 0.0207. The number of rotatable bonds is 4. The number of aromatic nitrogens is 3. The van der Waals surface area contributed by atoms with Crippen molar-refractivity contribution in [2.75, 3.05) is 0 Å². The largest absolute Gasteiger partial charge is 0.434 e. The van der Waals surface area contributed by atoms with Crippen molar-refractivity contribution in [3.8, 4) is 28.3 Å². The summed E-state index contributed by atoms with van der Waals surface area (Å²) in [4.78, 5) is 11.8. The normalized spacial score (nSPS) is 11.4. The minimum atomic E-state index is -4.92. The average molecular weight is 468 g/mol. The lowest BCUT2D eigenvalue weighted by Crippen LogP contribution is -2.14. The molecule has 0 bridgehead atoms. The molecule has 0 atom stereocenters. The number of nitrogens with zero attached hydrogens (tertiary/aromatic N) is 3. The van der Waals surface area contributed by atoms with Crippen LogP contribution in [0.4, 0.5) is 17.6 Å². The molecule has 0 radical (unpaired) electrons. The van der Waals surface area contributed by atoms with E-state index in [0.717, 1.165) is 12.3 Å². The number of alkyl halides is 3. The Kier molecular flexibility index (Phi) is 5.21. The molecule has 0 N–H and O–H groups in total. The summed E-state index contributed by atoms with van der Waals surface area (Å²) in [6.45, 7) is 0. The van der Waals surface area contributed by atoms with Crippen LogP contribution in [0.25, 0.3) is 28.3 Å². The number of hydrogen-bond acceptors (Lipinski definition) is 4. The van der Waals surface area contributed by atoms with Crippen molar-refractivity contribution >= 4 is 29.5 Å². The molecule has 5 nitrogen and oxygen atoms in total. The van der Waals surface area contributed by atoms with Gasteiger partial charge in [0.15, 0.2) is 17.7 Å². The first-order chi connectivity index (χ1) is 14.7. The molecule has 0 spiro atoms. The third-order valence-electron chi connectivity index (χ3n) is 4.26. The van der Waals surface area contributed by atoms with E-state index < -0.39 is 34.6 Å². The van der Waals surface area contributed by atoms with E-state index in [2.05, 4.69) is 22.4 Å². The molecule has 0 aliphatic heterocycles. The monoisotopic (exact) mass is 467 g/mol. The van der Waals surface area contributed by atoms with Crippen molar-refractivity contribution in [1.29, 1.82) is 0 Å². The van der Waals surface area contributed by atoms with Crippen molar-refractivity contribution in [3.05, 3.63) is 75.8 Å². The van der Waals surface area contributed by atoms with E-state index in [9.17, 15) is 22.4 Å². The molecule has 0 saturated carbocycles. The Morgan fingerprint density at radius 2 is 2.00 bits per heavy atom. The smallest absolute Gasteiger partial charge is 0.355 e. The van der Waals surface area contributed by atoms with Gasteiger partial charge in [-0.2, -0.15) is 18.3 Å². The first-order valence-corrected chi connectivity index (χ1v) is 9.12. The highest BCUT2D eigenvalue weighted by atomic mass is 35.5. The summed E-state index contributed by atoms with van der Waals surface area (Å²) < 4.78 is 61.8. The molecule has 0 fully saturated rings. The van der Waals surface area contributed by atoms with Crippen LogP contribution in [0.1, 0.15) is 16.1 Å². The van der Waals surface area contributed by atoms with Gasteiger partial charge in [-0.25, -0.2) is 9.07 Å². The molecule has 0 aliphatic carbocycles. The zero-order valence-corrected chi connectivity index (χ0v) is 16.5. The molecule has 0 saturated heterocycles. The molecule has 156 valence electrons. The van der Waals surface area contributed by atoms with Gasteiger partial charge in [0.25, 0.3) is 0 Å². The predicted molar refractivity (Wildman–Crippen MR) is 103 cm³/mol. The minimum Gasteiger partial charge on any atom is -0.355 e. The maximum absolute atomic E-state index is 14.3. The van der Waals surface area contributed by atoms with Gasteiger partial charge in [-0.3, -0.25) is 4.79 Å². The highest BCUT2D eigenvalue weighted by molar-refractivity contribution is 6.33. The fourth-order valence-electron chi connectivity index (χ4n) is 3.00. The third-order valence-corrected chi connectivity index (χ3v) is 4.78. The van der Waals surface area contributed by atoms with Gasteiger partial charge >= 0.3 is 6.18 Å². The number of carbonyl (C=O) groups is 1. The van der Waals surface area contributed by atoms with Crippen LogP contribution < -0.4 is 0 Å². The summed E-state index contributed by atoms with van der Waals surface area (Å²) >= 11 is 11.8. The maximum Gasteiger partial charge on any atom is 0.434 e. The van der Waals surface area contributed by atoms with E-state index >= 15 is 0 Å². The molecule has 4 rings (SSSR count). The Morgan fingerprint density at radius 1 is 1.23 bits per heavy atom. The number of carbonyl (C=O) groups excluding carboxylic acids is 1. The summed E-state index contributed by atoms with van der Waals surface area (Å²) in [5, 5.41) is 7.29. The molecule has 0 aliphatic rings. The number of benzene rings is 1. The second-order valence-electron chi connectivity index (χ2n) is 6.14. The van der Waals surface area contributed by atoms with Gasteiger partial charge in [-0.05, 0) is 24.3 Å². The lowest BCUT2D eigenvalue weighted by molar-refractivity contribution is -0.142. The van der Waals surface area contributed by atoms with Crippen LogP contribution in [0.3, 0.4) is 0 Å². The second kappa shape index (κ2) is 7.72. The number of hydrogen-bond donors (Lipinski definition) is 0. The zero-order chi connectivity index (χ0) is 22.3. The molecule has 0 unspecified atom stereocenters. The van der Waals surface area contributed by atoms with E-state index in [1.165, 1.54) is 24.3 Å². The van der Waals surface area contributed by atoms with Crippen molar-refractivity contribution in [2.45, 2.75) is 6.18 Å². The average Bonchev–Trinajstić information content (AvgIpc) is 3.31. The van der Waals surface area contributed by atoms with Gasteiger partial charge in [-0.1, -0.05) is 40.5 Å². The Balaban J connectivity index is 1.96. The Bertz CT molecular complexity index is 1280. The Labute approximate surface area is 181 Å². The second-order valence-corrected chi connectivity index (χ2v) is 6.95. The van der Waals surface area contributed by atoms with Crippen LogP contribution in [0.5, 0.6) is 0 Å². The van der Waals surface area contributed by atoms with E-state index in [1.54, 1.807) is 0 Å². The standard InChI is InChI=1S/C20H7Cl2F4N3O2/c21-10-3-1-4-11(7-10)29-19(20(24,25)26)12(8-27-29)18-13(9-30)17(28-31-18)16-14(22)5-2-6-15(16)23/h2,4-9H. The summed E-state index contributed by atoms with van der Waals surface area (Å²) in [6, 6.07) is 11.1. The van der Waals surface area contributed by atoms with Crippen LogP contribution in [0.2, 0.25) is 10.0 Å². The Hall–Kier alpha value is -3.35. The molecule has 2 heterocycles. The summed E-state index contributed by atoms with van der Waals surface area (Å²) in [5.74, 6) is -1.37. The van der Waals surface area contributed by atoms with Gasteiger partial charge < -0.3 is 4.52 Å². The van der Waals surface area contributed by atoms with Crippen LogP contribution in [-0.4, -0.2) is 21.2 Å². The molecule has 31 heavy (non-hydrogen) atoms. The first kappa shape index (κ1) is 20.9. The van der Waals surface area contributed by atoms with Crippen LogP contribution >= 0.6 is 23.2 Å². The third kappa shape index (κ3) is 3.65. The van der Waals surface area contributed by atoms with Crippen molar-refractivity contribution in [3.63, 3.8) is 0 Å². The van der Waals surface area contributed by atoms with E-state index in [1.807, 2.05) is 0 Å². The first-order valence-electron chi connectivity index (χ1n) is 8.36. The molecule has 2 aromatic carbocycles. The SMILES string of the molecule is O=Cc1c(-c2c(F)cccc2Cl)noc1-c1cnn(-c2cc#cc(Cl)c2)c1C(F)(F)F. The zero-order valence-electron chi connectivity index (χ0n) is 15.0. The lowest BCUT2D eigenvalue weighted by atomic mass is 10.0. The Morgan fingerprint density at radius 3 is 2.65 bits per heavy atom. The number of halogens is 6. The van der Waals surface area contributed by atoms with Gasteiger partial charge in [0.1, 0.15) is 11.5 Å². The molecular formula is C20H7Cl2F4N3O2. The fourth-order valence-corrected chi connectivity index (χ4v) is 3.42. The quantitative estimate of drug-likeness (QED) is 0.270. The molecule has 0 amide bonds. The van der Waals surface area contributed by atoms with Gasteiger partial charge in [0.05, 0.1) is 38.6 Å². The van der Waals surface area contributed by atoms with Crippen molar-refractivity contribution in [1.82, 2.24) is 14.9 Å². The van der Waals surface area contributed by atoms with Crippen molar-refractivity contribution in [2.24, 2.45) is 0 Å². The van der Waals surface area contributed by atoms with Crippen LogP contribution in [-0.2, 0) is 6.18 Å². The summed E-state index contributed by atoms with van der Waals surface area (Å²) in [5.41, 5.74) is -2.91. The van der Waals surface area contributed by atoms with Gasteiger partial charge in [0, 0.05) is 6.07 Å². The maximum atomic E-state index is 14.3. The highest BCUT2D eigenvalue weighted by Gasteiger charge is 2.41. The van der Waals surface area contributed by atoms with Gasteiger partial charge in [0.2, 0.25) is 0 Å².